The first-order chi connectivity index (χ1) is 8.10. The van der Waals surface area contributed by atoms with E-state index in [1.54, 1.807) is 11.0 Å². The highest BCUT2D eigenvalue weighted by Gasteiger charge is 2.33. The van der Waals surface area contributed by atoms with Gasteiger partial charge in [0.1, 0.15) is 6.04 Å². The zero-order valence-electron chi connectivity index (χ0n) is 9.63. The second-order valence-electron chi connectivity index (χ2n) is 4.02. The number of aliphatic hydroxyl groups excluding tert-OH is 1. The molecule has 2 amide bonds. The standard InChI is InChI=1S/C11H18N2O4/c1-2-6-13(8-3-4-8)11(17)12-9(5-7-14)10(15)16/h2,8-9,14H,1,3-7H2,(H,12,17)(H,15,16)/t9-/m1/s1. The van der Waals surface area contributed by atoms with Gasteiger partial charge < -0.3 is 20.4 Å². The van der Waals surface area contributed by atoms with Crippen molar-refractivity contribution in [3.8, 4) is 0 Å². The number of carboxylic acids is 1. The van der Waals surface area contributed by atoms with Gasteiger partial charge in [0, 0.05) is 25.6 Å². The number of rotatable bonds is 7. The summed E-state index contributed by atoms with van der Waals surface area (Å²) in [7, 11) is 0. The van der Waals surface area contributed by atoms with Crippen molar-refractivity contribution in [2.45, 2.75) is 31.3 Å². The van der Waals surface area contributed by atoms with Crippen LogP contribution in [0.3, 0.4) is 0 Å². The minimum absolute atomic E-state index is 0.00761. The van der Waals surface area contributed by atoms with Crippen LogP contribution >= 0.6 is 0 Å². The number of aliphatic hydroxyl groups is 1. The molecular weight excluding hydrogens is 224 g/mol. The monoisotopic (exact) mass is 242 g/mol. The number of nitrogens with one attached hydrogen (secondary N) is 1. The summed E-state index contributed by atoms with van der Waals surface area (Å²) in [4.78, 5) is 24.2. The molecule has 0 spiro atoms. The smallest absolute Gasteiger partial charge is 0.326 e. The highest BCUT2D eigenvalue weighted by Crippen LogP contribution is 2.26. The number of hydrogen-bond donors (Lipinski definition) is 3. The lowest BCUT2D eigenvalue weighted by molar-refractivity contribution is -0.139. The van der Waals surface area contributed by atoms with Crippen LogP contribution in [0.15, 0.2) is 12.7 Å². The minimum Gasteiger partial charge on any atom is -0.480 e. The van der Waals surface area contributed by atoms with E-state index in [0.29, 0.717) is 6.54 Å². The van der Waals surface area contributed by atoms with E-state index in [4.69, 9.17) is 10.2 Å². The topological polar surface area (TPSA) is 89.9 Å². The zero-order valence-corrected chi connectivity index (χ0v) is 9.63. The third-order valence-corrected chi connectivity index (χ3v) is 2.59. The van der Waals surface area contributed by atoms with Crippen molar-refractivity contribution in [1.29, 1.82) is 0 Å². The predicted octanol–water partition coefficient (Wildman–Crippen LogP) is 0.182. The normalized spacial score (nSPS) is 16.1. The van der Waals surface area contributed by atoms with Crippen molar-refractivity contribution < 1.29 is 19.8 Å². The third kappa shape index (κ3) is 4.07. The molecule has 1 aliphatic carbocycles. The Balaban J connectivity index is 2.54. The summed E-state index contributed by atoms with van der Waals surface area (Å²) in [6.45, 7) is 3.69. The molecule has 0 radical (unpaired) electrons. The van der Waals surface area contributed by atoms with E-state index in [2.05, 4.69) is 11.9 Å². The van der Waals surface area contributed by atoms with Crippen LogP contribution in [0.2, 0.25) is 0 Å². The lowest BCUT2D eigenvalue weighted by Crippen LogP contribution is -2.49. The Morgan fingerprint density at radius 3 is 2.59 bits per heavy atom. The number of hydrogen-bond acceptors (Lipinski definition) is 3. The van der Waals surface area contributed by atoms with Crippen molar-refractivity contribution in [1.82, 2.24) is 10.2 Å². The third-order valence-electron chi connectivity index (χ3n) is 2.59. The summed E-state index contributed by atoms with van der Waals surface area (Å²) in [6.07, 6.45) is 3.51. The molecule has 0 aromatic carbocycles. The molecule has 1 fully saturated rings. The predicted molar refractivity (Wildman–Crippen MR) is 61.6 cm³/mol. The van der Waals surface area contributed by atoms with E-state index in [9.17, 15) is 9.59 Å². The summed E-state index contributed by atoms with van der Waals surface area (Å²) in [5.74, 6) is -1.14. The molecule has 1 aliphatic rings. The summed E-state index contributed by atoms with van der Waals surface area (Å²) in [5, 5.41) is 20.0. The number of carboxylic acid groups (broad SMARTS) is 1. The van der Waals surface area contributed by atoms with Crippen molar-refractivity contribution in [3.05, 3.63) is 12.7 Å². The Labute approximate surface area is 99.9 Å². The molecule has 0 aromatic rings. The van der Waals surface area contributed by atoms with Crippen molar-refractivity contribution in [2.75, 3.05) is 13.2 Å². The fourth-order valence-corrected chi connectivity index (χ4v) is 1.54. The Bertz CT molecular complexity index is 302. The Kier molecular flexibility index (Phi) is 4.96. The molecule has 0 aromatic heterocycles. The lowest BCUT2D eigenvalue weighted by Gasteiger charge is -2.23. The molecule has 6 nitrogen and oxygen atoms in total. The molecule has 0 unspecified atom stereocenters. The van der Waals surface area contributed by atoms with E-state index < -0.39 is 18.0 Å². The number of amides is 2. The summed E-state index contributed by atoms with van der Waals surface area (Å²) in [5.41, 5.74) is 0. The lowest BCUT2D eigenvalue weighted by atomic mass is 10.2. The van der Waals surface area contributed by atoms with Gasteiger partial charge in [0.2, 0.25) is 0 Å². The molecule has 6 heteroatoms. The summed E-state index contributed by atoms with van der Waals surface area (Å²) in [6, 6.07) is -1.26. The van der Waals surface area contributed by atoms with Crippen molar-refractivity contribution in [3.63, 3.8) is 0 Å². The van der Waals surface area contributed by atoms with Crippen LogP contribution in [0.25, 0.3) is 0 Å². The number of carbonyl (C=O) groups excluding carboxylic acids is 1. The van der Waals surface area contributed by atoms with Gasteiger partial charge in [0.25, 0.3) is 0 Å². The molecule has 3 N–H and O–H groups in total. The van der Waals surface area contributed by atoms with Crippen molar-refractivity contribution in [2.24, 2.45) is 0 Å². The van der Waals surface area contributed by atoms with Crippen LogP contribution in [-0.2, 0) is 4.79 Å². The van der Waals surface area contributed by atoms with Crippen LogP contribution in [-0.4, -0.2) is 52.3 Å². The molecule has 1 rings (SSSR count). The second-order valence-corrected chi connectivity index (χ2v) is 4.02. The van der Waals surface area contributed by atoms with E-state index in [0.717, 1.165) is 12.8 Å². The van der Waals surface area contributed by atoms with E-state index in [1.165, 1.54) is 0 Å². The van der Waals surface area contributed by atoms with Crippen LogP contribution in [0.1, 0.15) is 19.3 Å². The van der Waals surface area contributed by atoms with E-state index in [1.807, 2.05) is 0 Å². The fourth-order valence-electron chi connectivity index (χ4n) is 1.54. The first-order valence-electron chi connectivity index (χ1n) is 5.61. The minimum atomic E-state index is -1.14. The molecule has 0 saturated heterocycles. The molecule has 0 heterocycles. The Morgan fingerprint density at radius 1 is 1.53 bits per heavy atom. The molecule has 96 valence electrons. The first kappa shape index (κ1) is 13.5. The van der Waals surface area contributed by atoms with Crippen LogP contribution in [0, 0.1) is 0 Å². The molecule has 0 aliphatic heterocycles. The molecule has 17 heavy (non-hydrogen) atoms. The van der Waals surface area contributed by atoms with Crippen LogP contribution < -0.4 is 5.32 Å². The highest BCUT2D eigenvalue weighted by molar-refractivity contribution is 5.83. The van der Waals surface area contributed by atoms with Crippen LogP contribution in [0.5, 0.6) is 0 Å². The van der Waals surface area contributed by atoms with Crippen LogP contribution in [0.4, 0.5) is 4.79 Å². The summed E-state index contributed by atoms with van der Waals surface area (Å²) >= 11 is 0. The maximum atomic E-state index is 11.8. The van der Waals surface area contributed by atoms with Gasteiger partial charge in [-0.1, -0.05) is 6.08 Å². The SMILES string of the molecule is C=CCN(C(=O)N[C@H](CCO)C(=O)O)C1CC1. The molecule has 1 atom stereocenters. The van der Waals surface area contributed by atoms with Gasteiger partial charge in [0.15, 0.2) is 0 Å². The van der Waals surface area contributed by atoms with Gasteiger partial charge in [-0.05, 0) is 12.8 Å². The summed E-state index contributed by atoms with van der Waals surface area (Å²) < 4.78 is 0. The number of nitrogens with zero attached hydrogens (tertiary/aromatic N) is 1. The Hall–Kier alpha value is -1.56. The van der Waals surface area contributed by atoms with Gasteiger partial charge in [-0.25, -0.2) is 9.59 Å². The second kappa shape index (κ2) is 6.24. The molecular formula is C11H18N2O4. The number of urea groups is 1. The average Bonchev–Trinajstić information content (AvgIpc) is 3.08. The van der Waals surface area contributed by atoms with Crippen molar-refractivity contribution >= 4 is 12.0 Å². The fraction of sp³-hybridized carbons (Fsp3) is 0.636. The highest BCUT2D eigenvalue weighted by atomic mass is 16.4. The average molecular weight is 242 g/mol. The first-order valence-corrected chi connectivity index (χ1v) is 5.61. The van der Waals surface area contributed by atoms with Gasteiger partial charge in [-0.3, -0.25) is 0 Å². The number of aliphatic carboxylic acids is 1. The quantitative estimate of drug-likeness (QED) is 0.556. The van der Waals surface area contributed by atoms with Gasteiger partial charge in [-0.2, -0.15) is 0 Å². The zero-order chi connectivity index (χ0) is 12.8. The van der Waals surface area contributed by atoms with E-state index >= 15 is 0 Å². The molecule has 1 saturated carbocycles. The maximum Gasteiger partial charge on any atom is 0.326 e. The number of carbonyl (C=O) groups is 2. The molecule has 0 bridgehead atoms. The Morgan fingerprint density at radius 2 is 2.18 bits per heavy atom. The van der Waals surface area contributed by atoms with Gasteiger partial charge >= 0.3 is 12.0 Å². The maximum absolute atomic E-state index is 11.8. The van der Waals surface area contributed by atoms with Gasteiger partial charge in [-0.15, -0.1) is 6.58 Å². The largest absolute Gasteiger partial charge is 0.480 e. The van der Waals surface area contributed by atoms with E-state index in [-0.39, 0.29) is 19.1 Å². The van der Waals surface area contributed by atoms with Gasteiger partial charge in [0.05, 0.1) is 0 Å².